The van der Waals surface area contributed by atoms with Crippen molar-refractivity contribution in [1.29, 1.82) is 0 Å². The lowest BCUT2D eigenvalue weighted by Crippen LogP contribution is -2.47. The van der Waals surface area contributed by atoms with E-state index < -0.39 is 28.2 Å². The van der Waals surface area contributed by atoms with E-state index in [4.69, 9.17) is 49.8 Å². The van der Waals surface area contributed by atoms with Crippen LogP contribution in [0.1, 0.15) is 47.6 Å². The lowest BCUT2D eigenvalue weighted by atomic mass is 9.89. The average Bonchev–Trinajstić information content (AvgIpc) is 3.74. The largest absolute Gasteiger partial charge is 0.464 e. The van der Waals surface area contributed by atoms with E-state index in [0.717, 1.165) is 30.5 Å². The molecule has 1 aliphatic rings. The van der Waals surface area contributed by atoms with Gasteiger partial charge in [-0.1, -0.05) is 76.5 Å². The number of aromatic amines is 1. The molecule has 0 bridgehead atoms. The number of hydrogen-bond acceptors (Lipinski definition) is 9. The topological polar surface area (TPSA) is 123 Å². The number of carbonyl (C=O) groups is 1. The van der Waals surface area contributed by atoms with Crippen molar-refractivity contribution in [2.24, 2.45) is 10.3 Å². The molecule has 1 heterocycles. The minimum absolute atomic E-state index is 0.0484. The molecule has 50 heavy (non-hydrogen) atoms. The van der Waals surface area contributed by atoms with Gasteiger partial charge in [0.25, 0.3) is 0 Å². The van der Waals surface area contributed by atoms with Crippen LogP contribution in [0.15, 0.2) is 89.4 Å². The van der Waals surface area contributed by atoms with Crippen LogP contribution in [0.25, 0.3) is 0 Å². The molecule has 1 aliphatic carbocycles. The van der Waals surface area contributed by atoms with Crippen molar-refractivity contribution in [2.75, 3.05) is 14.2 Å². The first-order chi connectivity index (χ1) is 23.7. The van der Waals surface area contributed by atoms with Crippen molar-refractivity contribution in [3.63, 3.8) is 0 Å². The smallest absolute Gasteiger partial charge is 0.416 e. The molecule has 266 valence electrons. The van der Waals surface area contributed by atoms with Crippen LogP contribution in [0.4, 0.5) is 13.2 Å². The number of esters is 1. The number of alkyl halides is 4. The van der Waals surface area contributed by atoms with E-state index in [1.54, 1.807) is 28.9 Å². The van der Waals surface area contributed by atoms with Gasteiger partial charge in [0.05, 0.1) is 29.8 Å². The van der Waals surface area contributed by atoms with Crippen LogP contribution in [0, 0.1) is 4.77 Å². The van der Waals surface area contributed by atoms with Crippen LogP contribution in [0.5, 0.6) is 0 Å². The molecule has 3 aromatic carbocycles. The Morgan fingerprint density at radius 3 is 2.34 bits per heavy atom. The number of H-pyrrole nitrogens is 1. The number of nitrogens with zero attached hydrogens (tertiary/aromatic N) is 4. The van der Waals surface area contributed by atoms with Crippen molar-refractivity contribution in [2.45, 2.75) is 56.0 Å². The van der Waals surface area contributed by atoms with Crippen LogP contribution >= 0.6 is 35.4 Å². The summed E-state index contributed by atoms with van der Waals surface area (Å²) in [6.07, 6.45) is -1.03. The minimum Gasteiger partial charge on any atom is -0.464 e. The molecule has 5 rings (SSSR count). The molecule has 0 saturated heterocycles. The Balaban J connectivity index is 0.000000235. The second kappa shape index (κ2) is 16.6. The molecule has 10 nitrogen and oxygen atoms in total. The van der Waals surface area contributed by atoms with Crippen molar-refractivity contribution in [1.82, 2.24) is 14.8 Å². The maximum absolute atomic E-state index is 12.9. The predicted molar refractivity (Wildman–Crippen MR) is 186 cm³/mol. The Labute approximate surface area is 301 Å². The summed E-state index contributed by atoms with van der Waals surface area (Å²) in [4.78, 5) is 24.1. The molecule has 1 fully saturated rings. The molecule has 1 atom stereocenters. The lowest BCUT2D eigenvalue weighted by molar-refractivity contribution is -0.137. The number of nitrogens with one attached hydrogen (secondary N) is 1. The molecular formula is C34H34Cl2F3N5O5S. The molecule has 4 aromatic rings. The summed E-state index contributed by atoms with van der Waals surface area (Å²) < 4.78 is 45.3. The van der Waals surface area contributed by atoms with E-state index in [2.05, 4.69) is 20.4 Å². The first-order valence-corrected chi connectivity index (χ1v) is 16.2. The van der Waals surface area contributed by atoms with Crippen LogP contribution < -0.4 is 0 Å². The van der Waals surface area contributed by atoms with Gasteiger partial charge in [-0.3, -0.25) is 0 Å². The van der Waals surface area contributed by atoms with E-state index in [1.807, 2.05) is 24.3 Å². The Bertz CT molecular complexity index is 1910. The second-order valence-corrected chi connectivity index (χ2v) is 12.8. The maximum atomic E-state index is 12.9. The molecule has 1 saturated carbocycles. The van der Waals surface area contributed by atoms with Gasteiger partial charge in [-0.15, -0.1) is 11.6 Å². The van der Waals surface area contributed by atoms with Crippen molar-refractivity contribution in [3.8, 4) is 0 Å². The van der Waals surface area contributed by atoms with Gasteiger partial charge in [-0.2, -0.15) is 18.3 Å². The molecule has 16 heteroatoms. The number of carbonyl (C=O) groups excluding carboxylic acids is 1. The van der Waals surface area contributed by atoms with Crippen LogP contribution in [0.2, 0.25) is 5.02 Å². The zero-order chi connectivity index (χ0) is 36.5. The number of rotatable bonds is 12. The summed E-state index contributed by atoms with van der Waals surface area (Å²) >= 11 is 17.9. The first-order valence-electron chi connectivity index (χ1n) is 15.1. The standard InChI is InChI=1S/C20H19F3N2O4.C14H15Cl2N3OS/c1-13(14-8-6-9-16(11-14)20(21,22)23)24-29-12-15-7-4-5-10-17(15)18(25-28-3)19(26)27-2;15-11-4-2-1-3-10(11)7-14(20,13(16)5-6-13)8-19-12(21)17-9-18-19/h4-11H,12H2,1-3H3;1-4,9,20H,5-8H2,(H,17,18,21)/b24-13+,25-18+;. The number of aliphatic hydroxyl groups is 1. The van der Waals surface area contributed by atoms with Gasteiger partial charge in [-0.25, -0.2) is 9.48 Å². The fourth-order valence-corrected chi connectivity index (χ4v) is 5.55. The van der Waals surface area contributed by atoms with Gasteiger partial charge in [0, 0.05) is 22.6 Å². The van der Waals surface area contributed by atoms with E-state index in [-0.39, 0.29) is 30.1 Å². The second-order valence-electron chi connectivity index (χ2n) is 11.3. The zero-order valence-electron chi connectivity index (χ0n) is 27.2. The Hall–Kier alpha value is -4.24. The quantitative estimate of drug-likeness (QED) is 0.0505. The fraction of sp³-hybridized carbons (Fsp3) is 0.324. The van der Waals surface area contributed by atoms with E-state index in [9.17, 15) is 23.1 Å². The van der Waals surface area contributed by atoms with Gasteiger partial charge in [0.2, 0.25) is 0 Å². The molecular weight excluding hydrogens is 718 g/mol. The molecule has 0 radical (unpaired) electrons. The predicted octanol–water partition coefficient (Wildman–Crippen LogP) is 7.51. The highest BCUT2D eigenvalue weighted by Crippen LogP contribution is 2.53. The number of halogens is 5. The van der Waals surface area contributed by atoms with Gasteiger partial charge >= 0.3 is 12.1 Å². The highest BCUT2D eigenvalue weighted by Gasteiger charge is 2.58. The van der Waals surface area contributed by atoms with Gasteiger partial charge < -0.3 is 24.5 Å². The first kappa shape index (κ1) is 38.6. The van der Waals surface area contributed by atoms with Gasteiger partial charge in [-0.05, 0) is 61.3 Å². The normalized spacial score (nSPS) is 15.3. The third kappa shape index (κ3) is 9.71. The highest BCUT2D eigenvalue weighted by atomic mass is 35.5. The zero-order valence-corrected chi connectivity index (χ0v) is 29.5. The summed E-state index contributed by atoms with van der Waals surface area (Å²) in [7, 11) is 2.51. The summed E-state index contributed by atoms with van der Waals surface area (Å²) in [6, 6.07) is 19.0. The van der Waals surface area contributed by atoms with Crippen molar-refractivity contribution < 1.29 is 37.5 Å². The van der Waals surface area contributed by atoms with E-state index >= 15 is 0 Å². The van der Waals surface area contributed by atoms with E-state index in [1.165, 1.54) is 39.6 Å². The number of benzene rings is 3. The summed E-state index contributed by atoms with van der Waals surface area (Å²) in [5, 5.41) is 23.5. The number of ether oxygens (including phenoxy) is 1. The Morgan fingerprint density at radius 2 is 1.74 bits per heavy atom. The number of hydrogen-bond donors (Lipinski definition) is 2. The summed E-state index contributed by atoms with van der Waals surface area (Å²) in [6.45, 7) is 1.73. The minimum atomic E-state index is -4.44. The van der Waals surface area contributed by atoms with Crippen LogP contribution in [-0.2, 0) is 45.0 Å². The monoisotopic (exact) mass is 751 g/mol. The Kier molecular flexibility index (Phi) is 12.8. The molecule has 0 spiro atoms. The summed E-state index contributed by atoms with van der Waals surface area (Å²) in [5.41, 5.74) is 0.448. The van der Waals surface area contributed by atoms with Crippen LogP contribution in [-0.4, -0.2) is 62.0 Å². The molecule has 1 unspecified atom stereocenters. The van der Waals surface area contributed by atoms with Crippen molar-refractivity contribution >= 4 is 52.8 Å². The van der Waals surface area contributed by atoms with Crippen LogP contribution in [0.3, 0.4) is 0 Å². The number of oxime groups is 2. The molecule has 2 N–H and O–H groups in total. The SMILES string of the molecule is CO/N=C(/C(=O)OC)c1ccccc1CO/N=C(\C)c1cccc(C(F)(F)F)c1.OC(Cc1ccccc1Cl)(Cn1nc[nH]c1=S)C1(Cl)CC1. The molecule has 0 amide bonds. The average molecular weight is 753 g/mol. The third-order valence-corrected chi connectivity index (χ3v) is 9.28. The third-order valence-electron chi connectivity index (χ3n) is 7.86. The highest BCUT2D eigenvalue weighted by molar-refractivity contribution is 7.71. The number of aromatic nitrogens is 3. The lowest BCUT2D eigenvalue weighted by Gasteiger charge is -2.33. The summed E-state index contributed by atoms with van der Waals surface area (Å²) in [5.74, 6) is -0.692. The molecule has 0 aliphatic heterocycles. The fourth-order valence-electron chi connectivity index (χ4n) is 4.96. The van der Waals surface area contributed by atoms with Gasteiger partial charge in [0.1, 0.15) is 25.6 Å². The van der Waals surface area contributed by atoms with Gasteiger partial charge in [0.15, 0.2) is 10.5 Å². The Morgan fingerprint density at radius 1 is 1.06 bits per heavy atom. The van der Waals surface area contributed by atoms with Crippen molar-refractivity contribution in [3.05, 3.63) is 117 Å². The molecule has 1 aromatic heterocycles. The number of methoxy groups -OCH3 is 1. The van der Waals surface area contributed by atoms with E-state index in [0.29, 0.717) is 27.3 Å². The maximum Gasteiger partial charge on any atom is 0.416 e.